The SMILES string of the molecule is CC1(O)C(=O)NC(O)(C(=O)O)C1(C)C. The van der Waals surface area contributed by atoms with Gasteiger partial charge in [0.2, 0.25) is 5.72 Å². The third-order valence-corrected chi connectivity index (χ3v) is 3.17. The lowest BCUT2D eigenvalue weighted by Gasteiger charge is -2.36. The Morgan fingerprint density at radius 1 is 1.29 bits per heavy atom. The van der Waals surface area contributed by atoms with Crippen LogP contribution in [-0.4, -0.2) is 38.5 Å². The van der Waals surface area contributed by atoms with E-state index in [2.05, 4.69) is 0 Å². The summed E-state index contributed by atoms with van der Waals surface area (Å²) in [5.41, 5.74) is -5.86. The van der Waals surface area contributed by atoms with Gasteiger partial charge in [-0.25, -0.2) is 4.79 Å². The van der Waals surface area contributed by atoms with Gasteiger partial charge in [-0.2, -0.15) is 0 Å². The van der Waals surface area contributed by atoms with Gasteiger partial charge >= 0.3 is 5.97 Å². The van der Waals surface area contributed by atoms with Gasteiger partial charge < -0.3 is 20.6 Å². The molecule has 0 aromatic rings. The average Bonchev–Trinajstić information content (AvgIpc) is 2.12. The zero-order chi connectivity index (χ0) is 11.4. The summed E-state index contributed by atoms with van der Waals surface area (Å²) in [7, 11) is 0. The van der Waals surface area contributed by atoms with Gasteiger partial charge in [-0.05, 0) is 6.92 Å². The number of rotatable bonds is 1. The number of hydrogen-bond donors (Lipinski definition) is 4. The molecule has 80 valence electrons. The lowest BCUT2D eigenvalue weighted by molar-refractivity contribution is -0.184. The van der Waals surface area contributed by atoms with Crippen LogP contribution < -0.4 is 5.32 Å². The number of carboxylic acid groups (broad SMARTS) is 1. The summed E-state index contributed by atoms with van der Waals surface area (Å²) in [5.74, 6) is -2.49. The molecule has 1 aliphatic rings. The van der Waals surface area contributed by atoms with E-state index in [0.29, 0.717) is 0 Å². The highest BCUT2D eigenvalue weighted by atomic mass is 16.4. The second kappa shape index (κ2) is 2.46. The normalized spacial score (nSPS) is 40.8. The molecule has 0 aromatic heterocycles. The van der Waals surface area contributed by atoms with Crippen molar-refractivity contribution in [3.8, 4) is 0 Å². The third-order valence-electron chi connectivity index (χ3n) is 3.17. The Labute approximate surface area is 80.5 Å². The Morgan fingerprint density at radius 2 is 1.71 bits per heavy atom. The first-order valence-electron chi connectivity index (χ1n) is 4.08. The molecule has 1 heterocycles. The summed E-state index contributed by atoms with van der Waals surface area (Å²) in [4.78, 5) is 22.0. The molecule has 4 N–H and O–H groups in total. The zero-order valence-electron chi connectivity index (χ0n) is 8.16. The molecule has 0 aromatic carbocycles. The summed E-state index contributed by atoms with van der Waals surface area (Å²) in [6.07, 6.45) is 0. The maximum atomic E-state index is 11.2. The van der Waals surface area contributed by atoms with Crippen LogP contribution in [0.2, 0.25) is 0 Å². The fraction of sp³-hybridized carbons (Fsp3) is 0.750. The van der Waals surface area contributed by atoms with Gasteiger partial charge in [-0.15, -0.1) is 0 Å². The minimum atomic E-state index is -2.44. The Hall–Kier alpha value is -1.14. The van der Waals surface area contributed by atoms with Crippen LogP contribution >= 0.6 is 0 Å². The van der Waals surface area contributed by atoms with Crippen LogP contribution in [-0.2, 0) is 9.59 Å². The topological polar surface area (TPSA) is 107 Å². The van der Waals surface area contributed by atoms with Gasteiger partial charge in [0.15, 0.2) is 5.60 Å². The lowest BCUT2D eigenvalue weighted by Crippen LogP contribution is -2.59. The molecule has 1 saturated heterocycles. The van der Waals surface area contributed by atoms with Crippen molar-refractivity contribution in [2.45, 2.75) is 32.1 Å². The molecular formula is C8H13NO5. The highest BCUT2D eigenvalue weighted by Crippen LogP contribution is 2.45. The number of nitrogens with one attached hydrogen (secondary N) is 1. The molecule has 0 aliphatic carbocycles. The van der Waals surface area contributed by atoms with Crippen molar-refractivity contribution < 1.29 is 24.9 Å². The van der Waals surface area contributed by atoms with E-state index in [1.54, 1.807) is 0 Å². The van der Waals surface area contributed by atoms with Crippen LogP contribution in [0.1, 0.15) is 20.8 Å². The van der Waals surface area contributed by atoms with Crippen LogP contribution in [0, 0.1) is 5.41 Å². The molecule has 6 heteroatoms. The molecule has 2 atom stereocenters. The molecule has 1 amide bonds. The number of carbonyl (C=O) groups is 2. The van der Waals surface area contributed by atoms with Crippen molar-refractivity contribution >= 4 is 11.9 Å². The van der Waals surface area contributed by atoms with Gasteiger partial charge in [0.1, 0.15) is 0 Å². The van der Waals surface area contributed by atoms with E-state index in [0.717, 1.165) is 0 Å². The Morgan fingerprint density at radius 3 is 1.86 bits per heavy atom. The van der Waals surface area contributed by atoms with Crippen molar-refractivity contribution in [1.29, 1.82) is 0 Å². The number of carboxylic acids is 1. The molecule has 6 nitrogen and oxygen atoms in total. The molecule has 0 saturated carbocycles. The summed E-state index contributed by atoms with van der Waals surface area (Å²) in [5, 5.41) is 30.1. The van der Waals surface area contributed by atoms with Crippen LogP contribution in [0.4, 0.5) is 0 Å². The second-order valence-corrected chi connectivity index (χ2v) is 4.17. The van der Waals surface area contributed by atoms with Crippen molar-refractivity contribution in [2.24, 2.45) is 5.41 Å². The number of carbonyl (C=O) groups excluding carboxylic acids is 1. The summed E-state index contributed by atoms with van der Waals surface area (Å²) >= 11 is 0. The lowest BCUT2D eigenvalue weighted by atomic mass is 9.72. The molecular weight excluding hydrogens is 190 g/mol. The summed E-state index contributed by atoms with van der Waals surface area (Å²) in [6.45, 7) is 3.78. The summed E-state index contributed by atoms with van der Waals surface area (Å²) in [6, 6.07) is 0. The second-order valence-electron chi connectivity index (χ2n) is 4.17. The van der Waals surface area contributed by atoms with Crippen molar-refractivity contribution in [2.75, 3.05) is 0 Å². The Bertz CT molecular complexity index is 309. The highest BCUT2D eigenvalue weighted by molar-refractivity contribution is 5.96. The smallest absolute Gasteiger partial charge is 0.357 e. The van der Waals surface area contributed by atoms with Crippen LogP contribution in [0.3, 0.4) is 0 Å². The van der Waals surface area contributed by atoms with E-state index in [9.17, 15) is 19.8 Å². The standard InChI is InChI=1S/C8H13NO5/c1-6(2)7(3,13)4(10)9-8(6,14)5(11)12/h13-14H,1-3H3,(H,9,10)(H,11,12). The molecule has 0 spiro atoms. The fourth-order valence-corrected chi connectivity index (χ4v) is 1.40. The quantitative estimate of drug-likeness (QED) is 0.422. The van der Waals surface area contributed by atoms with Gasteiger partial charge in [0.25, 0.3) is 5.91 Å². The van der Waals surface area contributed by atoms with E-state index < -0.39 is 28.6 Å². The monoisotopic (exact) mass is 203 g/mol. The van der Waals surface area contributed by atoms with Crippen LogP contribution in [0.5, 0.6) is 0 Å². The van der Waals surface area contributed by atoms with Crippen LogP contribution in [0.15, 0.2) is 0 Å². The van der Waals surface area contributed by atoms with Gasteiger partial charge in [-0.3, -0.25) is 4.79 Å². The Kier molecular flexibility index (Phi) is 1.92. The first-order valence-corrected chi connectivity index (χ1v) is 4.08. The minimum Gasteiger partial charge on any atom is -0.478 e. The predicted molar refractivity (Wildman–Crippen MR) is 45.1 cm³/mol. The Balaban J connectivity index is 3.31. The van der Waals surface area contributed by atoms with Gasteiger partial charge in [-0.1, -0.05) is 13.8 Å². The minimum absolute atomic E-state index is 0.896. The predicted octanol–water partition coefficient (Wildman–Crippen LogP) is -1.33. The number of aliphatic carboxylic acids is 1. The van der Waals surface area contributed by atoms with E-state index in [4.69, 9.17) is 5.11 Å². The molecule has 1 fully saturated rings. The van der Waals surface area contributed by atoms with Gasteiger partial charge in [0, 0.05) is 0 Å². The van der Waals surface area contributed by atoms with E-state index in [1.807, 2.05) is 5.32 Å². The maximum Gasteiger partial charge on any atom is 0.357 e. The van der Waals surface area contributed by atoms with Crippen molar-refractivity contribution in [3.05, 3.63) is 0 Å². The fourth-order valence-electron chi connectivity index (χ4n) is 1.40. The van der Waals surface area contributed by atoms with Crippen molar-refractivity contribution in [1.82, 2.24) is 5.32 Å². The van der Waals surface area contributed by atoms with E-state index >= 15 is 0 Å². The highest BCUT2D eigenvalue weighted by Gasteiger charge is 2.69. The molecule has 14 heavy (non-hydrogen) atoms. The largest absolute Gasteiger partial charge is 0.478 e. The molecule has 0 radical (unpaired) electrons. The first kappa shape index (κ1) is 10.9. The first-order chi connectivity index (χ1) is 6.07. The average molecular weight is 203 g/mol. The zero-order valence-corrected chi connectivity index (χ0v) is 8.16. The van der Waals surface area contributed by atoms with E-state index in [1.165, 1.54) is 20.8 Å². The molecule has 0 bridgehead atoms. The molecule has 1 rings (SSSR count). The maximum absolute atomic E-state index is 11.2. The molecule has 1 aliphatic heterocycles. The summed E-state index contributed by atoms with van der Waals surface area (Å²) < 4.78 is 0. The number of amides is 1. The van der Waals surface area contributed by atoms with Crippen molar-refractivity contribution in [3.63, 3.8) is 0 Å². The van der Waals surface area contributed by atoms with Gasteiger partial charge in [0.05, 0.1) is 5.41 Å². The number of hydrogen-bond acceptors (Lipinski definition) is 4. The van der Waals surface area contributed by atoms with Crippen LogP contribution in [0.25, 0.3) is 0 Å². The molecule has 2 unspecified atom stereocenters. The third kappa shape index (κ3) is 0.921. The van der Waals surface area contributed by atoms with E-state index in [-0.39, 0.29) is 0 Å². The number of aliphatic hydroxyl groups is 2.